The van der Waals surface area contributed by atoms with E-state index in [2.05, 4.69) is 26.1 Å². The fourth-order valence-electron chi connectivity index (χ4n) is 1.74. The summed E-state index contributed by atoms with van der Waals surface area (Å²) in [5.41, 5.74) is 14.5. The summed E-state index contributed by atoms with van der Waals surface area (Å²) in [5, 5.41) is 8.01. The Morgan fingerprint density at radius 1 is 0.850 bits per heavy atom. The molecule has 0 saturated carbocycles. The van der Waals surface area contributed by atoms with Crippen LogP contribution in [0.3, 0.4) is 0 Å². The molecule has 0 aliphatic rings. The minimum absolute atomic E-state index is 0.314. The fourth-order valence-corrected chi connectivity index (χ4v) is 2.23. The van der Waals surface area contributed by atoms with Crippen LogP contribution >= 0.6 is 15.9 Å². The third-order valence-electron chi connectivity index (χ3n) is 2.84. The van der Waals surface area contributed by atoms with Crippen molar-refractivity contribution < 1.29 is 0 Å². The number of benzene rings is 2. The van der Waals surface area contributed by atoms with Gasteiger partial charge in [0.2, 0.25) is 0 Å². The van der Waals surface area contributed by atoms with Gasteiger partial charge in [0, 0.05) is 15.6 Å². The van der Waals surface area contributed by atoms with Crippen molar-refractivity contribution in [3.8, 4) is 0 Å². The van der Waals surface area contributed by atoms with Crippen LogP contribution in [0.2, 0.25) is 0 Å². The number of halogens is 1. The molecular weight excluding hydrogens is 316 g/mol. The number of nitrogens with two attached hydrogens (primary N) is 2. The Hall–Kier alpha value is -2.14. The monoisotopic (exact) mass is 330 g/mol. The quantitative estimate of drug-likeness (QED) is 0.515. The first-order valence-electron chi connectivity index (χ1n) is 6.07. The fraction of sp³-hybridized carbons (Fsp3) is 0.0667. The Labute approximate surface area is 126 Å². The van der Waals surface area contributed by atoms with Crippen molar-refractivity contribution in [1.82, 2.24) is 0 Å². The molecule has 0 radical (unpaired) electrons. The standard InChI is InChI=1S/C15H15BrN4/c1-10-6-2-3-7-11(10)14(17)19-20-15(18)12-8-4-5-9-13(12)16/h2-9H,1H3,(H2,17,19)(H2,18,20). The van der Waals surface area contributed by atoms with Gasteiger partial charge in [-0.3, -0.25) is 0 Å². The van der Waals surface area contributed by atoms with Crippen LogP contribution in [-0.4, -0.2) is 11.7 Å². The van der Waals surface area contributed by atoms with E-state index in [0.29, 0.717) is 11.7 Å². The van der Waals surface area contributed by atoms with Gasteiger partial charge in [0.15, 0.2) is 11.7 Å². The number of hydrogen-bond donors (Lipinski definition) is 2. The highest BCUT2D eigenvalue weighted by Gasteiger charge is 2.04. The van der Waals surface area contributed by atoms with Crippen LogP contribution in [0.25, 0.3) is 0 Å². The van der Waals surface area contributed by atoms with Gasteiger partial charge in [-0.15, -0.1) is 10.2 Å². The highest BCUT2D eigenvalue weighted by Crippen LogP contribution is 2.15. The van der Waals surface area contributed by atoms with Crippen molar-refractivity contribution in [2.75, 3.05) is 0 Å². The molecule has 0 aliphatic heterocycles. The van der Waals surface area contributed by atoms with Gasteiger partial charge in [-0.25, -0.2) is 0 Å². The summed E-state index contributed by atoms with van der Waals surface area (Å²) in [6.45, 7) is 1.97. The van der Waals surface area contributed by atoms with E-state index in [0.717, 1.165) is 21.2 Å². The SMILES string of the molecule is Cc1ccccc1/C(N)=N/N=C(\N)c1ccccc1Br. The normalized spacial score (nSPS) is 12.5. The van der Waals surface area contributed by atoms with Crippen molar-refractivity contribution in [3.05, 3.63) is 69.7 Å². The molecule has 4 N–H and O–H groups in total. The van der Waals surface area contributed by atoms with Gasteiger partial charge in [-0.05, 0) is 18.6 Å². The van der Waals surface area contributed by atoms with Gasteiger partial charge in [-0.1, -0.05) is 58.4 Å². The smallest absolute Gasteiger partial charge is 0.154 e. The van der Waals surface area contributed by atoms with E-state index < -0.39 is 0 Å². The van der Waals surface area contributed by atoms with E-state index >= 15 is 0 Å². The lowest BCUT2D eigenvalue weighted by molar-refractivity contribution is 1.20. The van der Waals surface area contributed by atoms with E-state index in [1.54, 1.807) is 0 Å². The first kappa shape index (κ1) is 14.3. The minimum atomic E-state index is 0.314. The largest absolute Gasteiger partial charge is 0.382 e. The maximum Gasteiger partial charge on any atom is 0.154 e. The molecule has 0 bridgehead atoms. The Morgan fingerprint density at radius 3 is 1.95 bits per heavy atom. The maximum atomic E-state index is 5.94. The zero-order valence-corrected chi connectivity index (χ0v) is 12.6. The van der Waals surface area contributed by atoms with Crippen molar-refractivity contribution in [3.63, 3.8) is 0 Å². The minimum Gasteiger partial charge on any atom is -0.382 e. The molecule has 0 atom stereocenters. The molecule has 0 spiro atoms. The number of amidine groups is 2. The molecule has 20 heavy (non-hydrogen) atoms. The summed E-state index contributed by atoms with van der Waals surface area (Å²) in [5.74, 6) is 0.659. The second kappa shape index (κ2) is 6.34. The molecule has 2 rings (SSSR count). The average molecular weight is 331 g/mol. The van der Waals surface area contributed by atoms with Crippen molar-refractivity contribution in [2.24, 2.45) is 21.7 Å². The highest BCUT2D eigenvalue weighted by atomic mass is 79.9. The van der Waals surface area contributed by atoms with Crippen LogP contribution in [0, 0.1) is 6.92 Å². The molecular formula is C15H15BrN4. The van der Waals surface area contributed by atoms with Gasteiger partial charge in [-0.2, -0.15) is 0 Å². The summed E-state index contributed by atoms with van der Waals surface area (Å²) in [6, 6.07) is 15.3. The van der Waals surface area contributed by atoms with E-state index in [4.69, 9.17) is 11.5 Å². The lowest BCUT2D eigenvalue weighted by Crippen LogP contribution is -2.17. The molecule has 0 amide bonds. The highest BCUT2D eigenvalue weighted by molar-refractivity contribution is 9.10. The summed E-state index contributed by atoms with van der Waals surface area (Å²) in [7, 11) is 0. The number of nitrogens with zero attached hydrogens (tertiary/aromatic N) is 2. The molecule has 0 saturated heterocycles. The summed E-state index contributed by atoms with van der Waals surface area (Å²) in [6.07, 6.45) is 0. The molecule has 4 nitrogen and oxygen atoms in total. The van der Waals surface area contributed by atoms with Crippen LogP contribution in [0.1, 0.15) is 16.7 Å². The molecule has 0 unspecified atom stereocenters. The molecule has 5 heteroatoms. The van der Waals surface area contributed by atoms with Crippen LogP contribution in [0.5, 0.6) is 0 Å². The number of rotatable bonds is 3. The second-order valence-electron chi connectivity index (χ2n) is 4.27. The Kier molecular flexibility index (Phi) is 4.53. The van der Waals surface area contributed by atoms with Gasteiger partial charge < -0.3 is 11.5 Å². The first-order chi connectivity index (χ1) is 9.59. The van der Waals surface area contributed by atoms with E-state index in [1.807, 2.05) is 55.5 Å². The van der Waals surface area contributed by atoms with Crippen LogP contribution in [0.15, 0.2) is 63.2 Å². The molecule has 102 valence electrons. The number of hydrogen-bond acceptors (Lipinski definition) is 2. The van der Waals surface area contributed by atoms with E-state index in [-0.39, 0.29) is 0 Å². The van der Waals surface area contributed by atoms with Crippen molar-refractivity contribution >= 4 is 27.6 Å². The predicted molar refractivity (Wildman–Crippen MR) is 86.8 cm³/mol. The zero-order valence-electron chi connectivity index (χ0n) is 11.0. The summed E-state index contributed by atoms with van der Waals surface area (Å²) < 4.78 is 0.867. The van der Waals surface area contributed by atoms with Crippen LogP contribution in [0.4, 0.5) is 0 Å². The van der Waals surface area contributed by atoms with Crippen molar-refractivity contribution in [1.29, 1.82) is 0 Å². The van der Waals surface area contributed by atoms with Crippen molar-refractivity contribution in [2.45, 2.75) is 6.92 Å². The molecule has 2 aromatic carbocycles. The van der Waals surface area contributed by atoms with Gasteiger partial charge in [0.1, 0.15) is 0 Å². The Morgan fingerprint density at radius 2 is 1.35 bits per heavy atom. The lowest BCUT2D eigenvalue weighted by Gasteiger charge is -2.04. The number of aryl methyl sites for hydroxylation is 1. The maximum absolute atomic E-state index is 5.94. The van der Waals surface area contributed by atoms with Gasteiger partial charge >= 0.3 is 0 Å². The van der Waals surface area contributed by atoms with Gasteiger partial charge in [0.05, 0.1) is 0 Å². The first-order valence-corrected chi connectivity index (χ1v) is 6.86. The zero-order chi connectivity index (χ0) is 14.5. The topological polar surface area (TPSA) is 76.8 Å². The van der Waals surface area contributed by atoms with E-state index in [9.17, 15) is 0 Å². The Bertz CT molecular complexity index is 618. The summed E-state index contributed by atoms with van der Waals surface area (Å²) >= 11 is 3.42. The Balaban J connectivity index is 2.30. The predicted octanol–water partition coefficient (Wildman–Crippen LogP) is 2.78. The molecule has 2 aromatic rings. The van der Waals surface area contributed by atoms with Crippen LogP contribution in [-0.2, 0) is 0 Å². The van der Waals surface area contributed by atoms with E-state index in [1.165, 1.54) is 0 Å². The second-order valence-corrected chi connectivity index (χ2v) is 5.12. The molecule has 0 aliphatic carbocycles. The molecule has 0 aromatic heterocycles. The molecule has 0 heterocycles. The lowest BCUT2D eigenvalue weighted by atomic mass is 10.1. The third-order valence-corrected chi connectivity index (χ3v) is 3.53. The average Bonchev–Trinajstić information content (AvgIpc) is 2.45. The summed E-state index contributed by atoms with van der Waals surface area (Å²) in [4.78, 5) is 0. The van der Waals surface area contributed by atoms with Crippen LogP contribution < -0.4 is 11.5 Å². The van der Waals surface area contributed by atoms with Gasteiger partial charge in [0.25, 0.3) is 0 Å². The third kappa shape index (κ3) is 3.24. The molecule has 0 fully saturated rings.